The molecule has 1 amide bonds. The number of carbonyl (C=O) groups is 2. The molecule has 0 bridgehead atoms. The van der Waals surface area contributed by atoms with Crippen molar-refractivity contribution in [1.82, 2.24) is 14.8 Å². The number of carbonyl (C=O) groups excluding carboxylic acids is 1. The van der Waals surface area contributed by atoms with E-state index in [-0.39, 0.29) is 23.0 Å². The van der Waals surface area contributed by atoms with Gasteiger partial charge in [-0.15, -0.1) is 23.1 Å². The molecule has 1 atom stereocenters. The van der Waals surface area contributed by atoms with Gasteiger partial charge in [0, 0.05) is 43.1 Å². The summed E-state index contributed by atoms with van der Waals surface area (Å²) >= 11 is 3.15. The number of benzene rings is 2. The van der Waals surface area contributed by atoms with Gasteiger partial charge in [-0.2, -0.15) is 0 Å². The van der Waals surface area contributed by atoms with Gasteiger partial charge in [0.1, 0.15) is 10.8 Å². The number of hydrogen-bond acceptors (Lipinski definition) is 6. The standard InChI is InChI=1S/C23H22FN3O3S2/c1-13-27(6-7-31-13)22(28)15-3-5-19-20(9-15)32-21(25-19)17-4-2-14(8-18(17)24)10-26-11-16(12-26)23(29)30/h2-5,8-9,13,16H,6-7,10-12H2,1H3,(H,29,30). The quantitative estimate of drug-likeness (QED) is 0.603. The number of carboxylic acids is 1. The minimum atomic E-state index is -0.780. The zero-order valence-corrected chi connectivity index (χ0v) is 19.1. The van der Waals surface area contributed by atoms with Crippen LogP contribution in [-0.2, 0) is 11.3 Å². The van der Waals surface area contributed by atoms with E-state index in [0.29, 0.717) is 35.8 Å². The van der Waals surface area contributed by atoms with Crippen molar-refractivity contribution >= 4 is 45.2 Å². The van der Waals surface area contributed by atoms with Gasteiger partial charge in [0.05, 0.1) is 21.5 Å². The first-order valence-corrected chi connectivity index (χ1v) is 12.3. The summed E-state index contributed by atoms with van der Waals surface area (Å²) in [5.41, 5.74) is 2.61. The van der Waals surface area contributed by atoms with Crippen LogP contribution in [0.5, 0.6) is 0 Å². The molecule has 2 fully saturated rings. The van der Waals surface area contributed by atoms with E-state index < -0.39 is 5.97 Å². The zero-order chi connectivity index (χ0) is 22.4. The molecular formula is C23H22FN3O3S2. The molecule has 1 N–H and O–H groups in total. The molecule has 9 heteroatoms. The molecule has 32 heavy (non-hydrogen) atoms. The van der Waals surface area contributed by atoms with E-state index in [1.807, 2.05) is 34.9 Å². The number of carboxylic acid groups (broad SMARTS) is 1. The van der Waals surface area contributed by atoms with Gasteiger partial charge >= 0.3 is 5.97 Å². The van der Waals surface area contributed by atoms with Crippen LogP contribution < -0.4 is 0 Å². The average Bonchev–Trinajstić information content (AvgIpc) is 3.34. The Morgan fingerprint density at radius 3 is 2.72 bits per heavy atom. The van der Waals surface area contributed by atoms with Gasteiger partial charge < -0.3 is 10.0 Å². The van der Waals surface area contributed by atoms with E-state index in [1.165, 1.54) is 17.4 Å². The smallest absolute Gasteiger partial charge is 0.309 e. The number of aliphatic carboxylic acids is 1. The van der Waals surface area contributed by atoms with Crippen molar-refractivity contribution in [2.75, 3.05) is 25.4 Å². The number of thiazole rings is 1. The lowest BCUT2D eigenvalue weighted by Crippen LogP contribution is -2.49. The number of hydrogen-bond donors (Lipinski definition) is 1. The summed E-state index contributed by atoms with van der Waals surface area (Å²) in [6, 6.07) is 10.6. The van der Waals surface area contributed by atoms with E-state index in [1.54, 1.807) is 23.9 Å². The van der Waals surface area contributed by atoms with Crippen LogP contribution in [0.3, 0.4) is 0 Å². The molecule has 0 radical (unpaired) electrons. The van der Waals surface area contributed by atoms with Gasteiger partial charge in [-0.05, 0) is 42.8 Å². The number of thioether (sulfide) groups is 1. The SMILES string of the molecule is CC1SCCN1C(=O)c1ccc2nc(-c3ccc(CN4CC(C(=O)O)C4)cc3F)sc2c1. The van der Waals surface area contributed by atoms with Crippen LogP contribution >= 0.6 is 23.1 Å². The first kappa shape index (κ1) is 21.4. The highest BCUT2D eigenvalue weighted by molar-refractivity contribution is 8.00. The highest BCUT2D eigenvalue weighted by Crippen LogP contribution is 2.34. The van der Waals surface area contributed by atoms with Crippen LogP contribution in [0, 0.1) is 11.7 Å². The van der Waals surface area contributed by atoms with Gasteiger partial charge in [0.25, 0.3) is 5.91 Å². The number of nitrogens with zero attached hydrogens (tertiary/aromatic N) is 3. The van der Waals surface area contributed by atoms with Crippen molar-refractivity contribution in [1.29, 1.82) is 0 Å². The Hall–Kier alpha value is -2.49. The molecule has 0 spiro atoms. The number of likely N-dealkylation sites (tertiary alicyclic amines) is 1. The van der Waals surface area contributed by atoms with E-state index in [0.717, 1.165) is 28.1 Å². The van der Waals surface area contributed by atoms with Crippen molar-refractivity contribution < 1.29 is 19.1 Å². The van der Waals surface area contributed by atoms with Gasteiger partial charge in [0.2, 0.25) is 0 Å². The lowest BCUT2D eigenvalue weighted by Gasteiger charge is -2.36. The number of amides is 1. The molecule has 2 saturated heterocycles. The van der Waals surface area contributed by atoms with Crippen LogP contribution in [-0.4, -0.2) is 62.5 Å². The monoisotopic (exact) mass is 471 g/mol. The second-order valence-corrected chi connectivity index (χ2v) is 10.7. The maximum Gasteiger partial charge on any atom is 0.309 e. The fourth-order valence-electron chi connectivity index (χ4n) is 4.14. The summed E-state index contributed by atoms with van der Waals surface area (Å²) in [5, 5.41) is 9.74. The second kappa shape index (κ2) is 8.46. The van der Waals surface area contributed by atoms with Crippen LogP contribution in [0.4, 0.5) is 4.39 Å². The van der Waals surface area contributed by atoms with Crippen molar-refractivity contribution in [3.05, 3.63) is 53.3 Å². The summed E-state index contributed by atoms with van der Waals surface area (Å²) in [4.78, 5) is 32.2. The predicted molar refractivity (Wildman–Crippen MR) is 124 cm³/mol. The summed E-state index contributed by atoms with van der Waals surface area (Å²) < 4.78 is 15.7. The minimum Gasteiger partial charge on any atom is -0.481 e. The minimum absolute atomic E-state index is 0.0195. The normalized spacial score (nSPS) is 19.4. The Kier molecular flexibility index (Phi) is 5.65. The van der Waals surface area contributed by atoms with Gasteiger partial charge in [-0.1, -0.05) is 6.07 Å². The first-order chi connectivity index (χ1) is 15.4. The number of fused-ring (bicyclic) bond motifs is 1. The molecule has 166 valence electrons. The summed E-state index contributed by atoms with van der Waals surface area (Å²) in [5.74, 6) is -0.488. The predicted octanol–water partition coefficient (Wildman–Crippen LogP) is 4.15. The second-order valence-electron chi connectivity index (χ2n) is 8.21. The molecule has 2 aromatic carbocycles. The lowest BCUT2D eigenvalue weighted by atomic mass is 9.99. The fraction of sp³-hybridized carbons (Fsp3) is 0.348. The van der Waals surface area contributed by atoms with E-state index in [4.69, 9.17) is 5.11 Å². The molecule has 6 nitrogen and oxygen atoms in total. The lowest BCUT2D eigenvalue weighted by molar-refractivity contribution is -0.147. The largest absolute Gasteiger partial charge is 0.481 e. The Bertz CT molecular complexity index is 1210. The average molecular weight is 472 g/mol. The van der Waals surface area contributed by atoms with E-state index in [9.17, 15) is 14.0 Å². The number of rotatable bonds is 5. The molecule has 3 aromatic rings. The Labute approximate surface area is 193 Å². The van der Waals surface area contributed by atoms with Crippen molar-refractivity contribution in [2.45, 2.75) is 18.8 Å². The highest BCUT2D eigenvalue weighted by Gasteiger charge is 2.32. The fourth-order valence-corrected chi connectivity index (χ4v) is 6.20. The molecule has 5 rings (SSSR count). The molecule has 1 aromatic heterocycles. The van der Waals surface area contributed by atoms with Crippen LogP contribution in [0.15, 0.2) is 36.4 Å². The molecule has 2 aliphatic rings. The Morgan fingerprint density at radius 2 is 2.03 bits per heavy atom. The van der Waals surface area contributed by atoms with Crippen LogP contribution in [0.25, 0.3) is 20.8 Å². The van der Waals surface area contributed by atoms with Crippen LogP contribution in [0.1, 0.15) is 22.8 Å². The molecular weight excluding hydrogens is 449 g/mol. The molecule has 1 unspecified atom stereocenters. The third-order valence-electron chi connectivity index (χ3n) is 6.00. The topological polar surface area (TPSA) is 73.7 Å². The van der Waals surface area contributed by atoms with Gasteiger partial charge in [-0.3, -0.25) is 14.5 Å². The molecule has 2 aliphatic heterocycles. The molecule has 3 heterocycles. The molecule has 0 saturated carbocycles. The van der Waals surface area contributed by atoms with Crippen molar-refractivity contribution in [3.8, 4) is 10.6 Å². The van der Waals surface area contributed by atoms with Crippen molar-refractivity contribution in [2.24, 2.45) is 5.92 Å². The van der Waals surface area contributed by atoms with Crippen molar-refractivity contribution in [3.63, 3.8) is 0 Å². The number of halogens is 1. The molecule has 0 aliphatic carbocycles. The van der Waals surface area contributed by atoms with Crippen LogP contribution in [0.2, 0.25) is 0 Å². The third kappa shape index (κ3) is 4.00. The van der Waals surface area contributed by atoms with Gasteiger partial charge in [0.15, 0.2) is 0 Å². The maximum atomic E-state index is 14.9. The van der Waals surface area contributed by atoms with E-state index >= 15 is 0 Å². The summed E-state index contributed by atoms with van der Waals surface area (Å²) in [7, 11) is 0. The van der Waals surface area contributed by atoms with E-state index in [2.05, 4.69) is 4.98 Å². The maximum absolute atomic E-state index is 14.9. The summed E-state index contributed by atoms with van der Waals surface area (Å²) in [6.45, 7) is 4.30. The third-order valence-corrected chi connectivity index (χ3v) is 8.21. The zero-order valence-electron chi connectivity index (χ0n) is 17.5. The highest BCUT2D eigenvalue weighted by atomic mass is 32.2. The Morgan fingerprint density at radius 1 is 1.22 bits per heavy atom. The Balaban J connectivity index is 1.34. The summed E-state index contributed by atoms with van der Waals surface area (Å²) in [6.07, 6.45) is 0. The number of aromatic nitrogens is 1. The van der Waals surface area contributed by atoms with Gasteiger partial charge in [-0.25, -0.2) is 9.37 Å². The first-order valence-electron chi connectivity index (χ1n) is 10.5.